The van der Waals surface area contributed by atoms with E-state index in [0.717, 1.165) is 10.5 Å². The largest absolute Gasteiger partial charge is 0.508 e. The number of aliphatic carboxylic acids is 1. The maximum absolute atomic E-state index is 12.3. The van der Waals surface area contributed by atoms with Crippen molar-refractivity contribution in [2.24, 2.45) is 5.73 Å². The molecular formula is C14H18N2O5. The number of phenolic OH excluding ortho intramolecular Hbond substituents is 1. The van der Waals surface area contributed by atoms with E-state index in [9.17, 15) is 19.8 Å². The second-order valence-electron chi connectivity index (χ2n) is 5.21. The van der Waals surface area contributed by atoms with Crippen LogP contribution in [0.25, 0.3) is 0 Å². The zero-order valence-electron chi connectivity index (χ0n) is 11.3. The van der Waals surface area contributed by atoms with Crippen LogP contribution in [0.3, 0.4) is 0 Å². The van der Waals surface area contributed by atoms with Crippen LogP contribution in [0, 0.1) is 0 Å². The van der Waals surface area contributed by atoms with Gasteiger partial charge in [0, 0.05) is 13.0 Å². The molecule has 3 atom stereocenters. The maximum atomic E-state index is 12.3. The normalized spacial score (nSPS) is 23.0. The van der Waals surface area contributed by atoms with Crippen LogP contribution in [-0.4, -0.2) is 56.8 Å². The van der Waals surface area contributed by atoms with Gasteiger partial charge in [0.25, 0.3) is 0 Å². The van der Waals surface area contributed by atoms with Gasteiger partial charge in [-0.1, -0.05) is 12.1 Å². The summed E-state index contributed by atoms with van der Waals surface area (Å²) >= 11 is 0. The number of rotatable bonds is 4. The first-order valence-electron chi connectivity index (χ1n) is 6.63. The van der Waals surface area contributed by atoms with Gasteiger partial charge >= 0.3 is 5.97 Å². The Morgan fingerprint density at radius 2 is 1.95 bits per heavy atom. The van der Waals surface area contributed by atoms with E-state index < -0.39 is 30.1 Å². The third-order valence-electron chi connectivity index (χ3n) is 3.56. The fourth-order valence-corrected chi connectivity index (χ4v) is 2.48. The third kappa shape index (κ3) is 3.50. The zero-order chi connectivity index (χ0) is 15.6. The molecule has 1 unspecified atom stereocenters. The molecule has 0 spiro atoms. The summed E-state index contributed by atoms with van der Waals surface area (Å²) in [5.41, 5.74) is 6.61. The monoisotopic (exact) mass is 294 g/mol. The van der Waals surface area contributed by atoms with E-state index in [4.69, 9.17) is 10.8 Å². The van der Waals surface area contributed by atoms with Crippen molar-refractivity contribution in [2.75, 3.05) is 6.54 Å². The van der Waals surface area contributed by atoms with E-state index in [1.807, 2.05) is 0 Å². The smallest absolute Gasteiger partial charge is 0.326 e. The molecule has 0 saturated carbocycles. The number of benzene rings is 1. The van der Waals surface area contributed by atoms with Gasteiger partial charge in [0.1, 0.15) is 11.8 Å². The lowest BCUT2D eigenvalue weighted by molar-refractivity contribution is -0.148. The Morgan fingerprint density at radius 1 is 1.33 bits per heavy atom. The van der Waals surface area contributed by atoms with E-state index >= 15 is 0 Å². The lowest BCUT2D eigenvalue weighted by Crippen LogP contribution is -2.49. The number of carboxylic acid groups (broad SMARTS) is 1. The number of nitrogens with zero attached hydrogens (tertiary/aromatic N) is 1. The van der Waals surface area contributed by atoms with Crippen LogP contribution in [-0.2, 0) is 16.0 Å². The second-order valence-corrected chi connectivity index (χ2v) is 5.21. The standard InChI is InChI=1S/C14H18N2O5/c15-11(5-8-1-3-9(17)4-2-8)13(19)16-7-10(18)6-12(16)14(20)21/h1-4,10-12,17-18H,5-7,15H2,(H,20,21)/t10-,11?,12+/m1/s1. The molecular weight excluding hydrogens is 276 g/mol. The second kappa shape index (κ2) is 6.11. The molecule has 1 aliphatic heterocycles. The van der Waals surface area contributed by atoms with Gasteiger partial charge in [0.15, 0.2) is 0 Å². The van der Waals surface area contributed by atoms with Gasteiger partial charge < -0.3 is 26.0 Å². The minimum atomic E-state index is -1.14. The van der Waals surface area contributed by atoms with Crippen molar-refractivity contribution < 1.29 is 24.9 Å². The summed E-state index contributed by atoms with van der Waals surface area (Å²) in [6, 6.07) is 4.37. The Labute approximate surface area is 121 Å². The molecule has 7 heteroatoms. The van der Waals surface area contributed by atoms with Crippen molar-refractivity contribution in [3.8, 4) is 5.75 Å². The van der Waals surface area contributed by atoms with Gasteiger partial charge in [0.05, 0.1) is 12.1 Å². The third-order valence-corrected chi connectivity index (χ3v) is 3.56. The van der Waals surface area contributed by atoms with Crippen molar-refractivity contribution in [1.82, 2.24) is 4.90 Å². The number of carboxylic acids is 1. The SMILES string of the molecule is NC(Cc1ccc(O)cc1)C(=O)N1C[C@H](O)C[C@H]1C(=O)O. The van der Waals surface area contributed by atoms with Gasteiger partial charge in [-0.15, -0.1) is 0 Å². The van der Waals surface area contributed by atoms with Crippen LogP contribution >= 0.6 is 0 Å². The number of nitrogens with two attached hydrogens (primary N) is 1. The summed E-state index contributed by atoms with van der Waals surface area (Å²) in [4.78, 5) is 24.5. The first-order valence-corrected chi connectivity index (χ1v) is 6.63. The topological polar surface area (TPSA) is 124 Å². The number of carbonyl (C=O) groups is 2. The van der Waals surface area contributed by atoms with E-state index in [-0.39, 0.29) is 25.1 Å². The minimum Gasteiger partial charge on any atom is -0.508 e. The highest BCUT2D eigenvalue weighted by molar-refractivity contribution is 5.87. The molecule has 0 aliphatic carbocycles. The number of phenols is 1. The fourth-order valence-electron chi connectivity index (χ4n) is 2.48. The van der Waals surface area contributed by atoms with Crippen molar-refractivity contribution in [1.29, 1.82) is 0 Å². The molecule has 2 rings (SSSR count). The first kappa shape index (κ1) is 15.3. The summed E-state index contributed by atoms with van der Waals surface area (Å²) < 4.78 is 0. The predicted molar refractivity (Wildman–Crippen MR) is 73.5 cm³/mol. The lowest BCUT2D eigenvalue weighted by Gasteiger charge is -2.24. The molecule has 0 bridgehead atoms. The number of hydrogen-bond donors (Lipinski definition) is 4. The zero-order valence-corrected chi connectivity index (χ0v) is 11.3. The number of carbonyl (C=O) groups excluding carboxylic acids is 1. The molecule has 1 aromatic rings. The Bertz CT molecular complexity index is 531. The summed E-state index contributed by atoms with van der Waals surface area (Å²) in [5.74, 6) is -1.52. The van der Waals surface area contributed by atoms with Gasteiger partial charge in [0.2, 0.25) is 5.91 Å². The molecule has 1 fully saturated rings. The van der Waals surface area contributed by atoms with E-state index in [2.05, 4.69) is 0 Å². The molecule has 0 aromatic heterocycles. The van der Waals surface area contributed by atoms with Gasteiger partial charge in [-0.3, -0.25) is 4.79 Å². The Balaban J connectivity index is 2.04. The van der Waals surface area contributed by atoms with Crippen LogP contribution in [0.15, 0.2) is 24.3 Å². The Kier molecular flexibility index (Phi) is 4.44. The summed E-state index contributed by atoms with van der Waals surface area (Å²) in [7, 11) is 0. The number of β-amino-alcohol motifs (C(OH)–C–C–N with tert-alkyl or cyclic N) is 1. The highest BCUT2D eigenvalue weighted by Gasteiger charge is 2.40. The highest BCUT2D eigenvalue weighted by atomic mass is 16.4. The molecule has 1 heterocycles. The first-order chi connectivity index (χ1) is 9.88. The average Bonchev–Trinajstić information content (AvgIpc) is 2.82. The molecule has 114 valence electrons. The summed E-state index contributed by atoms with van der Waals surface area (Å²) in [6.07, 6.45) is -0.582. The molecule has 5 N–H and O–H groups in total. The molecule has 7 nitrogen and oxygen atoms in total. The van der Waals surface area contributed by atoms with Crippen LogP contribution in [0.2, 0.25) is 0 Å². The Hall–Kier alpha value is -2.12. The average molecular weight is 294 g/mol. The minimum absolute atomic E-state index is 0.0148. The predicted octanol–water partition coefficient (Wildman–Crippen LogP) is -0.692. The molecule has 21 heavy (non-hydrogen) atoms. The van der Waals surface area contributed by atoms with E-state index in [1.165, 1.54) is 12.1 Å². The summed E-state index contributed by atoms with van der Waals surface area (Å²) in [5, 5.41) is 27.8. The number of hydrogen-bond acceptors (Lipinski definition) is 5. The summed E-state index contributed by atoms with van der Waals surface area (Å²) in [6.45, 7) is -0.0148. The van der Waals surface area contributed by atoms with Crippen LogP contribution < -0.4 is 5.73 Å². The number of amides is 1. The lowest BCUT2D eigenvalue weighted by atomic mass is 10.0. The van der Waals surface area contributed by atoms with Crippen LogP contribution in [0.5, 0.6) is 5.75 Å². The van der Waals surface area contributed by atoms with E-state index in [0.29, 0.717) is 0 Å². The van der Waals surface area contributed by atoms with Crippen molar-refractivity contribution in [3.05, 3.63) is 29.8 Å². The van der Waals surface area contributed by atoms with Gasteiger partial charge in [-0.25, -0.2) is 4.79 Å². The molecule has 1 aromatic carbocycles. The number of aliphatic hydroxyl groups is 1. The maximum Gasteiger partial charge on any atom is 0.326 e. The highest BCUT2D eigenvalue weighted by Crippen LogP contribution is 2.20. The fraction of sp³-hybridized carbons (Fsp3) is 0.429. The number of aromatic hydroxyl groups is 1. The van der Waals surface area contributed by atoms with Crippen molar-refractivity contribution in [3.63, 3.8) is 0 Å². The van der Waals surface area contributed by atoms with Gasteiger partial charge in [-0.2, -0.15) is 0 Å². The number of aliphatic hydroxyl groups excluding tert-OH is 1. The van der Waals surface area contributed by atoms with Crippen LogP contribution in [0.4, 0.5) is 0 Å². The molecule has 1 amide bonds. The van der Waals surface area contributed by atoms with Crippen LogP contribution in [0.1, 0.15) is 12.0 Å². The van der Waals surface area contributed by atoms with Crippen molar-refractivity contribution in [2.45, 2.75) is 31.0 Å². The van der Waals surface area contributed by atoms with E-state index in [1.54, 1.807) is 12.1 Å². The Morgan fingerprint density at radius 3 is 2.52 bits per heavy atom. The number of likely N-dealkylation sites (tertiary alicyclic amines) is 1. The molecule has 1 aliphatic rings. The van der Waals surface area contributed by atoms with Crippen molar-refractivity contribution >= 4 is 11.9 Å². The molecule has 1 saturated heterocycles. The van der Waals surface area contributed by atoms with Gasteiger partial charge in [-0.05, 0) is 24.1 Å². The quantitative estimate of drug-likeness (QED) is 0.582. The molecule has 0 radical (unpaired) electrons.